The van der Waals surface area contributed by atoms with E-state index in [4.69, 9.17) is 14.2 Å². The Morgan fingerprint density at radius 1 is 0.880 bits per heavy atom. The molecule has 0 aliphatic carbocycles. The van der Waals surface area contributed by atoms with Crippen LogP contribution < -0.4 is 5.32 Å². The molecular weight excluding hydrogens is 693 g/mol. The van der Waals surface area contributed by atoms with Crippen molar-refractivity contribution in [3.05, 3.63) is 116 Å². The molecule has 17 heteroatoms. The van der Waals surface area contributed by atoms with Crippen molar-refractivity contribution in [1.82, 2.24) is 10.2 Å². The van der Waals surface area contributed by atoms with Crippen LogP contribution in [0.25, 0.3) is 0 Å². The van der Waals surface area contributed by atoms with Gasteiger partial charge in [-0.15, -0.1) is 0 Å². The minimum Gasteiger partial charge on any atom is -0.460 e. The second-order valence-electron chi connectivity index (χ2n) is 11.1. The van der Waals surface area contributed by atoms with Crippen molar-refractivity contribution in [2.45, 2.75) is 44.0 Å². The molecule has 0 spiro atoms. The van der Waals surface area contributed by atoms with Crippen LogP contribution in [0.5, 0.6) is 0 Å². The van der Waals surface area contributed by atoms with Crippen LogP contribution in [-0.2, 0) is 32.2 Å². The number of nitro benzene ring substituents is 2. The summed E-state index contributed by atoms with van der Waals surface area (Å²) >= 11 is 2.54. The largest absolute Gasteiger partial charge is 0.460 e. The number of esters is 1. The summed E-state index contributed by atoms with van der Waals surface area (Å²) in [6.45, 7) is 1.22. The lowest BCUT2D eigenvalue weighted by molar-refractivity contribution is -0.385. The first kappa shape index (κ1) is 37.7. The van der Waals surface area contributed by atoms with E-state index in [1.807, 2.05) is 6.07 Å². The lowest BCUT2D eigenvalue weighted by Crippen LogP contribution is -2.39. The van der Waals surface area contributed by atoms with Gasteiger partial charge in [0.2, 0.25) is 5.12 Å². The molecule has 15 nitrogen and oxygen atoms in total. The number of carbonyl (C=O) groups excluding carboxylic acids is 4. The lowest BCUT2D eigenvalue weighted by Gasteiger charge is -2.24. The molecule has 0 radical (unpaired) electrons. The van der Waals surface area contributed by atoms with Gasteiger partial charge in [0.05, 0.1) is 16.4 Å². The number of nitrogens with one attached hydrogen (secondary N) is 1. The molecule has 1 aliphatic heterocycles. The average molecular weight is 727 g/mol. The fourth-order valence-corrected chi connectivity index (χ4v) is 7.19. The Bertz CT molecular complexity index is 1660. The van der Waals surface area contributed by atoms with Crippen molar-refractivity contribution in [3.8, 4) is 0 Å². The standard InChI is InChI=1S/C33H34N4O11S2/c1-22(38)48-29(16-34-32(40)46-18-23-7-11-26(12-8-23)36(42)43)21-49-20-28-15-30(50-31(39)25-5-3-2-4-6-25)17-35(28)33(41)47-19-24-9-13-27(14-10-24)37(44)45/h2-14,28-30H,15-21H2,1H3,(H,34,40)/t28-,29?,30-/m0/s1. The summed E-state index contributed by atoms with van der Waals surface area (Å²) in [5.41, 5.74) is 1.50. The number of nitrogens with zero attached hydrogens (tertiary/aromatic N) is 3. The quantitative estimate of drug-likeness (QED) is 0.0861. The van der Waals surface area contributed by atoms with Gasteiger partial charge in [-0.25, -0.2) is 9.59 Å². The maximum atomic E-state index is 13.3. The van der Waals surface area contributed by atoms with E-state index in [1.54, 1.807) is 29.2 Å². The molecule has 264 valence electrons. The molecule has 3 aromatic carbocycles. The first-order chi connectivity index (χ1) is 24.0. The number of thioether (sulfide) groups is 2. The molecule has 1 saturated heterocycles. The maximum Gasteiger partial charge on any atom is 0.410 e. The normalized spacial score (nSPS) is 15.8. The molecule has 3 aromatic rings. The van der Waals surface area contributed by atoms with E-state index in [1.165, 1.54) is 67.2 Å². The number of nitro groups is 2. The number of hydrogen-bond donors (Lipinski definition) is 1. The number of carbonyl (C=O) groups is 4. The third-order valence-corrected chi connectivity index (χ3v) is 9.69. The van der Waals surface area contributed by atoms with Gasteiger partial charge in [0.25, 0.3) is 11.4 Å². The number of rotatable bonds is 15. The van der Waals surface area contributed by atoms with Crippen LogP contribution in [0.15, 0.2) is 78.9 Å². The Hall–Kier alpha value is -5.16. The molecule has 2 amide bonds. The first-order valence-corrected chi connectivity index (χ1v) is 17.3. The van der Waals surface area contributed by atoms with Crippen LogP contribution in [0.2, 0.25) is 0 Å². The third-order valence-electron chi connectivity index (χ3n) is 7.34. The zero-order chi connectivity index (χ0) is 36.0. The van der Waals surface area contributed by atoms with Crippen LogP contribution in [-0.4, -0.2) is 80.0 Å². The molecule has 0 saturated carbocycles. The molecule has 3 atom stereocenters. The van der Waals surface area contributed by atoms with E-state index in [9.17, 15) is 39.4 Å². The monoisotopic (exact) mass is 726 g/mol. The van der Waals surface area contributed by atoms with Gasteiger partial charge >= 0.3 is 18.2 Å². The van der Waals surface area contributed by atoms with E-state index < -0.39 is 34.1 Å². The molecule has 4 rings (SSSR count). The summed E-state index contributed by atoms with van der Waals surface area (Å²) in [5, 5.41) is 24.0. The third kappa shape index (κ3) is 11.8. The number of benzene rings is 3. The number of amides is 2. The summed E-state index contributed by atoms with van der Waals surface area (Å²) in [4.78, 5) is 72.6. The Kier molecular flexibility index (Phi) is 14.0. The van der Waals surface area contributed by atoms with E-state index in [0.717, 1.165) is 11.8 Å². The van der Waals surface area contributed by atoms with Crippen molar-refractivity contribution in [1.29, 1.82) is 0 Å². The topological polar surface area (TPSA) is 198 Å². The Labute approximate surface area is 295 Å². The minimum absolute atomic E-state index is 0.0542. The molecule has 0 bridgehead atoms. The Morgan fingerprint density at radius 2 is 1.46 bits per heavy atom. The molecule has 1 heterocycles. The van der Waals surface area contributed by atoms with Crippen molar-refractivity contribution in [2.24, 2.45) is 0 Å². The molecular formula is C33H34N4O11S2. The van der Waals surface area contributed by atoms with Gasteiger partial charge in [0, 0.05) is 66.1 Å². The van der Waals surface area contributed by atoms with Crippen molar-refractivity contribution in [3.63, 3.8) is 0 Å². The van der Waals surface area contributed by atoms with E-state index in [2.05, 4.69) is 5.32 Å². The molecule has 1 unspecified atom stereocenters. The van der Waals surface area contributed by atoms with Gasteiger partial charge in [-0.3, -0.25) is 29.8 Å². The van der Waals surface area contributed by atoms with Crippen LogP contribution in [0, 0.1) is 20.2 Å². The molecule has 1 aliphatic rings. The van der Waals surface area contributed by atoms with Crippen LogP contribution in [0.1, 0.15) is 34.8 Å². The second kappa shape index (κ2) is 18.6. The van der Waals surface area contributed by atoms with E-state index >= 15 is 0 Å². The summed E-state index contributed by atoms with van der Waals surface area (Å²) in [6, 6.07) is 19.7. The van der Waals surface area contributed by atoms with Crippen LogP contribution in [0.4, 0.5) is 21.0 Å². The smallest absolute Gasteiger partial charge is 0.410 e. The highest BCUT2D eigenvalue weighted by Gasteiger charge is 2.38. The first-order valence-electron chi connectivity index (χ1n) is 15.3. The molecule has 0 aromatic heterocycles. The minimum atomic E-state index is -0.772. The van der Waals surface area contributed by atoms with Gasteiger partial charge in [0.15, 0.2) is 0 Å². The fourth-order valence-electron chi connectivity index (χ4n) is 4.89. The van der Waals surface area contributed by atoms with Gasteiger partial charge in [-0.05, 0) is 41.8 Å². The van der Waals surface area contributed by atoms with Crippen molar-refractivity contribution < 1.29 is 43.2 Å². The predicted molar refractivity (Wildman–Crippen MR) is 185 cm³/mol. The van der Waals surface area contributed by atoms with Gasteiger partial charge < -0.3 is 24.4 Å². The number of non-ortho nitro benzene ring substituents is 2. The summed E-state index contributed by atoms with van der Waals surface area (Å²) in [7, 11) is 0. The van der Waals surface area contributed by atoms with E-state index in [0.29, 0.717) is 28.9 Å². The second-order valence-corrected chi connectivity index (χ2v) is 13.4. The lowest BCUT2D eigenvalue weighted by atomic mass is 10.2. The molecule has 1 fully saturated rings. The fraction of sp³-hybridized carbons (Fsp3) is 0.333. The van der Waals surface area contributed by atoms with E-state index in [-0.39, 0.29) is 59.8 Å². The van der Waals surface area contributed by atoms with Gasteiger partial charge in [-0.1, -0.05) is 42.1 Å². The highest BCUT2D eigenvalue weighted by Crippen LogP contribution is 2.32. The number of ether oxygens (including phenoxy) is 3. The number of hydrogen-bond acceptors (Lipinski definition) is 13. The Morgan fingerprint density at radius 3 is 2.02 bits per heavy atom. The highest BCUT2D eigenvalue weighted by atomic mass is 32.2. The summed E-state index contributed by atoms with van der Waals surface area (Å²) in [6.07, 6.45) is -1.60. The number of alkyl carbamates (subject to hydrolysis) is 1. The predicted octanol–water partition coefficient (Wildman–Crippen LogP) is 5.75. The zero-order valence-corrected chi connectivity index (χ0v) is 28.5. The maximum absolute atomic E-state index is 13.3. The average Bonchev–Trinajstić information content (AvgIpc) is 3.51. The Balaban J connectivity index is 1.32. The van der Waals surface area contributed by atoms with Gasteiger partial charge in [-0.2, -0.15) is 11.8 Å². The SMILES string of the molecule is CC(=O)OC(CNC(=O)OCc1ccc([N+](=O)[O-])cc1)CSC[C@@H]1C[C@H](SC(=O)c2ccccc2)CN1C(=O)OCc1ccc([N+](=O)[O-])cc1. The summed E-state index contributed by atoms with van der Waals surface area (Å²) in [5.74, 6) is 0.126. The van der Waals surface area contributed by atoms with Crippen LogP contribution in [0.3, 0.4) is 0 Å². The zero-order valence-electron chi connectivity index (χ0n) is 26.8. The van der Waals surface area contributed by atoms with Crippen molar-refractivity contribution in [2.75, 3.05) is 24.6 Å². The summed E-state index contributed by atoms with van der Waals surface area (Å²) < 4.78 is 16.1. The van der Waals surface area contributed by atoms with Gasteiger partial charge in [0.1, 0.15) is 19.3 Å². The molecule has 1 N–H and O–H groups in total. The molecule has 50 heavy (non-hydrogen) atoms. The number of likely N-dealkylation sites (tertiary alicyclic amines) is 1. The highest BCUT2D eigenvalue weighted by molar-refractivity contribution is 8.14. The van der Waals surface area contributed by atoms with Crippen LogP contribution >= 0.6 is 23.5 Å². The van der Waals surface area contributed by atoms with Crippen molar-refractivity contribution >= 4 is 58.2 Å².